The Labute approximate surface area is 177 Å². The van der Waals surface area contributed by atoms with E-state index < -0.39 is 5.97 Å². The van der Waals surface area contributed by atoms with Crippen LogP contribution in [0.2, 0.25) is 0 Å². The largest absolute Gasteiger partial charge is 0.494 e. The minimum Gasteiger partial charge on any atom is -0.494 e. The Balaban J connectivity index is 1.76. The zero-order valence-electron chi connectivity index (χ0n) is 17.7. The second-order valence-electron chi connectivity index (χ2n) is 6.28. The van der Waals surface area contributed by atoms with E-state index in [4.69, 9.17) is 18.9 Å². The van der Waals surface area contributed by atoms with Crippen molar-refractivity contribution in [1.29, 1.82) is 0 Å². The summed E-state index contributed by atoms with van der Waals surface area (Å²) in [4.78, 5) is 24.0. The number of carbonyl (C=O) groups excluding carboxylic acids is 2. The van der Waals surface area contributed by atoms with Gasteiger partial charge >= 0.3 is 5.97 Å². The fraction of sp³-hybridized carbons (Fsp3) is 0.391. The van der Waals surface area contributed by atoms with Crippen molar-refractivity contribution in [3.63, 3.8) is 0 Å². The maximum atomic E-state index is 12.0. The number of benzene rings is 2. The number of amides is 1. The highest BCUT2D eigenvalue weighted by molar-refractivity contribution is 5.91. The van der Waals surface area contributed by atoms with Crippen LogP contribution in [-0.2, 0) is 16.0 Å². The first kappa shape index (κ1) is 23.1. The van der Waals surface area contributed by atoms with Gasteiger partial charge in [-0.2, -0.15) is 0 Å². The van der Waals surface area contributed by atoms with Crippen molar-refractivity contribution >= 4 is 11.9 Å². The molecule has 0 bridgehead atoms. The monoisotopic (exact) mass is 415 g/mol. The van der Waals surface area contributed by atoms with Crippen molar-refractivity contribution < 1.29 is 28.5 Å². The molecule has 0 heterocycles. The van der Waals surface area contributed by atoms with Gasteiger partial charge in [0.2, 0.25) is 0 Å². The third-order valence-corrected chi connectivity index (χ3v) is 4.08. The lowest BCUT2D eigenvalue weighted by Gasteiger charge is -2.12. The molecule has 0 saturated heterocycles. The van der Waals surface area contributed by atoms with Crippen LogP contribution in [0.5, 0.6) is 17.2 Å². The van der Waals surface area contributed by atoms with Gasteiger partial charge in [0.25, 0.3) is 5.91 Å². The summed E-state index contributed by atoms with van der Waals surface area (Å²) in [7, 11) is 0. The highest BCUT2D eigenvalue weighted by atomic mass is 16.5. The van der Waals surface area contributed by atoms with Gasteiger partial charge in [-0.1, -0.05) is 6.07 Å². The van der Waals surface area contributed by atoms with Crippen molar-refractivity contribution in [2.45, 2.75) is 27.2 Å². The lowest BCUT2D eigenvalue weighted by atomic mass is 10.1. The lowest BCUT2D eigenvalue weighted by molar-refractivity contribution is -0.124. The molecular formula is C23H29NO6. The summed E-state index contributed by atoms with van der Waals surface area (Å²) < 4.78 is 21.5. The van der Waals surface area contributed by atoms with Gasteiger partial charge in [-0.05, 0) is 69.2 Å². The Hall–Kier alpha value is -3.22. The van der Waals surface area contributed by atoms with E-state index in [9.17, 15) is 9.59 Å². The van der Waals surface area contributed by atoms with Gasteiger partial charge in [0.1, 0.15) is 5.75 Å². The van der Waals surface area contributed by atoms with Gasteiger partial charge in [0.05, 0.1) is 25.4 Å². The number of ether oxygens (including phenoxy) is 4. The molecule has 0 aliphatic rings. The minimum absolute atomic E-state index is 0.334. The van der Waals surface area contributed by atoms with Crippen molar-refractivity contribution in [3.05, 3.63) is 53.6 Å². The van der Waals surface area contributed by atoms with Gasteiger partial charge in [0.15, 0.2) is 18.1 Å². The maximum Gasteiger partial charge on any atom is 0.338 e. The number of esters is 1. The average molecular weight is 415 g/mol. The fourth-order valence-electron chi connectivity index (χ4n) is 2.72. The zero-order chi connectivity index (χ0) is 21.8. The quantitative estimate of drug-likeness (QED) is 0.535. The molecular weight excluding hydrogens is 386 g/mol. The number of rotatable bonds is 12. The topological polar surface area (TPSA) is 83.1 Å². The first-order valence-corrected chi connectivity index (χ1v) is 10.1. The van der Waals surface area contributed by atoms with E-state index in [0.717, 1.165) is 5.56 Å². The van der Waals surface area contributed by atoms with Gasteiger partial charge in [-0.25, -0.2) is 4.79 Å². The highest BCUT2D eigenvalue weighted by Gasteiger charge is 2.11. The smallest absolute Gasteiger partial charge is 0.338 e. The third-order valence-electron chi connectivity index (χ3n) is 4.08. The van der Waals surface area contributed by atoms with Crippen molar-refractivity contribution in [1.82, 2.24) is 5.32 Å². The molecule has 0 aliphatic heterocycles. The Bertz CT molecular complexity index is 819. The van der Waals surface area contributed by atoms with Crippen LogP contribution in [0.1, 0.15) is 36.7 Å². The molecule has 0 aromatic heterocycles. The number of hydrogen-bond acceptors (Lipinski definition) is 6. The third kappa shape index (κ3) is 7.31. The molecule has 0 radical (unpaired) electrons. The standard InChI is InChI=1S/C23H29NO6/c1-4-27-19-10-8-18(9-11-19)23(26)30-16-22(25)24-14-13-17-7-12-20(28-5-2)21(15-17)29-6-3/h7-12,15H,4-6,13-14,16H2,1-3H3,(H,24,25). The molecule has 2 aromatic carbocycles. The Morgan fingerprint density at radius 1 is 0.833 bits per heavy atom. The fourth-order valence-corrected chi connectivity index (χ4v) is 2.72. The first-order chi connectivity index (χ1) is 14.6. The van der Waals surface area contributed by atoms with Crippen LogP contribution < -0.4 is 19.5 Å². The number of hydrogen-bond donors (Lipinski definition) is 1. The van der Waals surface area contributed by atoms with Gasteiger partial charge in [-0.15, -0.1) is 0 Å². The molecule has 0 unspecified atom stereocenters. The molecule has 0 saturated carbocycles. The molecule has 0 spiro atoms. The van der Waals surface area contributed by atoms with Crippen LogP contribution in [0.3, 0.4) is 0 Å². The summed E-state index contributed by atoms with van der Waals surface area (Å²) in [5, 5.41) is 2.75. The zero-order valence-corrected chi connectivity index (χ0v) is 17.7. The highest BCUT2D eigenvalue weighted by Crippen LogP contribution is 2.28. The van der Waals surface area contributed by atoms with Gasteiger partial charge < -0.3 is 24.3 Å². The van der Waals surface area contributed by atoms with Crippen LogP contribution in [0.4, 0.5) is 0 Å². The predicted octanol–water partition coefficient (Wildman–Crippen LogP) is 3.40. The molecule has 162 valence electrons. The molecule has 2 aromatic rings. The van der Waals surface area contributed by atoms with Crippen LogP contribution in [0.25, 0.3) is 0 Å². The summed E-state index contributed by atoms with van der Waals surface area (Å²) in [6.07, 6.45) is 0.616. The summed E-state index contributed by atoms with van der Waals surface area (Å²) in [6.45, 7) is 7.45. The summed E-state index contributed by atoms with van der Waals surface area (Å²) >= 11 is 0. The van der Waals surface area contributed by atoms with Crippen molar-refractivity contribution in [3.8, 4) is 17.2 Å². The van der Waals surface area contributed by atoms with Crippen molar-refractivity contribution in [2.24, 2.45) is 0 Å². The van der Waals surface area contributed by atoms with Crippen LogP contribution >= 0.6 is 0 Å². The average Bonchev–Trinajstić information content (AvgIpc) is 2.75. The molecule has 7 heteroatoms. The van der Waals surface area contributed by atoms with E-state index in [2.05, 4.69) is 5.32 Å². The van der Waals surface area contributed by atoms with E-state index in [1.165, 1.54) is 0 Å². The normalized spacial score (nSPS) is 10.2. The van der Waals surface area contributed by atoms with Gasteiger partial charge in [0, 0.05) is 6.54 Å². The minimum atomic E-state index is -0.555. The molecule has 0 atom stereocenters. The second-order valence-corrected chi connectivity index (χ2v) is 6.28. The maximum absolute atomic E-state index is 12.0. The van der Waals surface area contributed by atoms with Gasteiger partial charge in [-0.3, -0.25) is 4.79 Å². The van der Waals surface area contributed by atoms with Crippen LogP contribution in [-0.4, -0.2) is 44.8 Å². The first-order valence-electron chi connectivity index (χ1n) is 10.1. The Morgan fingerprint density at radius 2 is 1.50 bits per heavy atom. The van der Waals surface area contributed by atoms with E-state index in [1.807, 2.05) is 39.0 Å². The summed E-state index contributed by atoms with van der Waals surface area (Å²) in [5.74, 6) is 1.15. The molecule has 0 fully saturated rings. The predicted molar refractivity (Wildman–Crippen MR) is 113 cm³/mol. The SMILES string of the molecule is CCOc1ccc(C(=O)OCC(=O)NCCc2ccc(OCC)c(OCC)c2)cc1. The molecule has 1 amide bonds. The van der Waals surface area contributed by atoms with Crippen LogP contribution in [0, 0.1) is 0 Å². The Morgan fingerprint density at radius 3 is 2.17 bits per heavy atom. The lowest BCUT2D eigenvalue weighted by Crippen LogP contribution is -2.30. The molecule has 0 aliphatic carbocycles. The van der Waals surface area contributed by atoms with E-state index in [1.54, 1.807) is 24.3 Å². The molecule has 1 N–H and O–H groups in total. The summed E-state index contributed by atoms with van der Waals surface area (Å²) in [6, 6.07) is 12.3. The van der Waals surface area contributed by atoms with E-state index in [0.29, 0.717) is 55.6 Å². The molecule has 7 nitrogen and oxygen atoms in total. The Kier molecular flexibility index (Phi) is 9.51. The van der Waals surface area contributed by atoms with Crippen LogP contribution in [0.15, 0.2) is 42.5 Å². The second kappa shape index (κ2) is 12.4. The van der Waals surface area contributed by atoms with Crippen molar-refractivity contribution in [2.75, 3.05) is 33.0 Å². The van der Waals surface area contributed by atoms with E-state index >= 15 is 0 Å². The molecule has 30 heavy (non-hydrogen) atoms. The van der Waals surface area contributed by atoms with E-state index in [-0.39, 0.29) is 12.5 Å². The molecule has 2 rings (SSSR count). The number of carbonyl (C=O) groups is 2. The number of nitrogens with one attached hydrogen (secondary N) is 1. The summed E-state index contributed by atoms with van der Waals surface area (Å²) in [5.41, 5.74) is 1.37.